The molecule has 0 fully saturated rings. The molecule has 1 amide bonds. The van der Waals surface area contributed by atoms with Gasteiger partial charge in [-0.15, -0.1) is 10.2 Å². The molecule has 122 valence electrons. The van der Waals surface area contributed by atoms with Gasteiger partial charge in [-0.3, -0.25) is 9.36 Å². The van der Waals surface area contributed by atoms with Gasteiger partial charge in [0, 0.05) is 23.9 Å². The zero-order valence-corrected chi connectivity index (χ0v) is 13.5. The molecule has 0 aliphatic heterocycles. The molecule has 1 heterocycles. The first-order valence-electron chi connectivity index (χ1n) is 7.58. The highest BCUT2D eigenvalue weighted by Gasteiger charge is 2.20. The van der Waals surface area contributed by atoms with E-state index < -0.39 is 0 Å². The smallest absolute Gasteiger partial charge is 0.254 e. The summed E-state index contributed by atoms with van der Waals surface area (Å²) in [6.45, 7) is 1.89. The van der Waals surface area contributed by atoms with Crippen LogP contribution in [0.4, 0.5) is 0 Å². The molecule has 1 atom stereocenters. The molecule has 3 aromatic rings. The first-order chi connectivity index (χ1) is 11.6. The third-order valence-electron chi connectivity index (χ3n) is 4.12. The van der Waals surface area contributed by atoms with E-state index in [2.05, 4.69) is 10.2 Å². The summed E-state index contributed by atoms with van der Waals surface area (Å²) in [5.41, 5.74) is 2.18. The Labute approximate surface area is 140 Å². The Morgan fingerprint density at radius 2 is 1.71 bits per heavy atom. The number of benzene rings is 2. The molecule has 0 saturated heterocycles. The third-order valence-corrected chi connectivity index (χ3v) is 4.12. The molecule has 6 heteroatoms. The van der Waals surface area contributed by atoms with E-state index >= 15 is 0 Å². The number of aromatic nitrogens is 3. The molecule has 0 aliphatic carbocycles. The topological polar surface area (TPSA) is 71.2 Å². The summed E-state index contributed by atoms with van der Waals surface area (Å²) in [5.74, 6) is 0.0775. The highest BCUT2D eigenvalue weighted by Crippen LogP contribution is 2.28. The van der Waals surface area contributed by atoms with Gasteiger partial charge in [-0.1, -0.05) is 18.2 Å². The number of para-hydroxylation sites is 1. The van der Waals surface area contributed by atoms with E-state index in [-0.39, 0.29) is 17.7 Å². The van der Waals surface area contributed by atoms with Gasteiger partial charge in [0.2, 0.25) is 0 Å². The number of rotatable bonds is 4. The third kappa shape index (κ3) is 2.99. The Morgan fingerprint density at radius 3 is 2.33 bits per heavy atom. The minimum Gasteiger partial charge on any atom is -0.508 e. The van der Waals surface area contributed by atoms with Gasteiger partial charge in [-0.25, -0.2) is 0 Å². The number of carbonyl (C=O) groups is 1. The van der Waals surface area contributed by atoms with Crippen LogP contribution in [0, 0.1) is 0 Å². The maximum atomic E-state index is 12.7. The van der Waals surface area contributed by atoms with E-state index in [1.807, 2.05) is 31.2 Å². The molecule has 0 saturated carbocycles. The van der Waals surface area contributed by atoms with Crippen molar-refractivity contribution in [2.45, 2.75) is 13.0 Å². The number of aromatic hydroxyl groups is 1. The van der Waals surface area contributed by atoms with Crippen molar-refractivity contribution < 1.29 is 9.90 Å². The highest BCUT2D eigenvalue weighted by molar-refractivity contribution is 5.94. The van der Waals surface area contributed by atoms with Crippen molar-refractivity contribution in [2.24, 2.45) is 0 Å². The highest BCUT2D eigenvalue weighted by atomic mass is 16.3. The molecule has 0 bridgehead atoms. The largest absolute Gasteiger partial charge is 0.508 e. The Bertz CT molecular complexity index is 828. The van der Waals surface area contributed by atoms with Crippen LogP contribution in [0.25, 0.3) is 5.69 Å². The van der Waals surface area contributed by atoms with Crippen molar-refractivity contribution in [1.82, 2.24) is 19.7 Å². The molecule has 6 nitrogen and oxygen atoms in total. The summed E-state index contributed by atoms with van der Waals surface area (Å²) < 4.78 is 1.77. The van der Waals surface area contributed by atoms with Crippen LogP contribution in [0.3, 0.4) is 0 Å². The maximum Gasteiger partial charge on any atom is 0.254 e. The Morgan fingerprint density at radius 1 is 1.08 bits per heavy atom. The SMILES string of the molecule is C[C@@H](c1ccccc1O)N(C)C(=O)c1ccc(-n2cnnc2)cc1. The molecule has 0 radical (unpaired) electrons. The van der Waals surface area contributed by atoms with E-state index in [0.717, 1.165) is 11.3 Å². The zero-order valence-electron chi connectivity index (χ0n) is 13.5. The molecule has 2 aromatic carbocycles. The second-order valence-corrected chi connectivity index (χ2v) is 5.57. The summed E-state index contributed by atoms with van der Waals surface area (Å²) in [6.07, 6.45) is 3.20. The van der Waals surface area contributed by atoms with Crippen molar-refractivity contribution in [3.8, 4) is 11.4 Å². The average Bonchev–Trinajstić information content (AvgIpc) is 3.15. The molecule has 0 spiro atoms. The van der Waals surface area contributed by atoms with Gasteiger partial charge in [0.25, 0.3) is 5.91 Å². The zero-order chi connectivity index (χ0) is 17.1. The summed E-state index contributed by atoms with van der Waals surface area (Å²) >= 11 is 0. The van der Waals surface area contributed by atoms with Crippen LogP contribution < -0.4 is 0 Å². The van der Waals surface area contributed by atoms with Crippen molar-refractivity contribution in [2.75, 3.05) is 7.05 Å². The standard InChI is InChI=1S/C18H18N4O2/c1-13(16-5-3-4-6-17(16)23)21(2)18(24)14-7-9-15(10-8-14)22-11-19-20-12-22/h3-13,23H,1-2H3/t13-/m0/s1. The summed E-state index contributed by atoms with van der Waals surface area (Å²) in [5, 5.41) is 17.5. The van der Waals surface area contributed by atoms with E-state index in [1.165, 1.54) is 0 Å². The van der Waals surface area contributed by atoms with E-state index in [0.29, 0.717) is 5.56 Å². The number of phenols is 1. The van der Waals surface area contributed by atoms with Crippen LogP contribution in [-0.4, -0.2) is 37.7 Å². The van der Waals surface area contributed by atoms with E-state index in [1.54, 1.807) is 53.4 Å². The normalized spacial score (nSPS) is 11.9. The lowest BCUT2D eigenvalue weighted by Crippen LogP contribution is -2.29. The van der Waals surface area contributed by atoms with Gasteiger partial charge in [0.1, 0.15) is 18.4 Å². The summed E-state index contributed by atoms with van der Waals surface area (Å²) in [7, 11) is 1.73. The molecule has 0 unspecified atom stereocenters. The van der Waals surface area contributed by atoms with Gasteiger partial charge in [0.05, 0.1) is 6.04 Å². The van der Waals surface area contributed by atoms with Gasteiger partial charge in [0.15, 0.2) is 0 Å². The molecular weight excluding hydrogens is 304 g/mol. The number of carbonyl (C=O) groups excluding carboxylic acids is 1. The van der Waals surface area contributed by atoms with Crippen molar-refractivity contribution in [1.29, 1.82) is 0 Å². The second kappa shape index (κ2) is 6.54. The van der Waals surface area contributed by atoms with Crippen molar-refractivity contribution in [3.05, 3.63) is 72.3 Å². The van der Waals surface area contributed by atoms with E-state index in [4.69, 9.17) is 0 Å². The Balaban J connectivity index is 1.79. The molecular formula is C18H18N4O2. The summed E-state index contributed by atoms with van der Waals surface area (Å²) in [4.78, 5) is 14.3. The lowest BCUT2D eigenvalue weighted by molar-refractivity contribution is 0.0741. The van der Waals surface area contributed by atoms with Crippen LogP contribution >= 0.6 is 0 Å². The maximum absolute atomic E-state index is 12.7. The van der Waals surface area contributed by atoms with Gasteiger partial charge >= 0.3 is 0 Å². The Hall–Kier alpha value is -3.15. The minimum absolute atomic E-state index is 0.110. The lowest BCUT2D eigenvalue weighted by atomic mass is 10.0. The van der Waals surface area contributed by atoms with Crippen LogP contribution in [0.1, 0.15) is 28.9 Å². The fourth-order valence-corrected chi connectivity index (χ4v) is 2.54. The number of phenolic OH excluding ortho intramolecular Hbond substituents is 1. The second-order valence-electron chi connectivity index (χ2n) is 5.57. The lowest BCUT2D eigenvalue weighted by Gasteiger charge is -2.26. The first-order valence-corrected chi connectivity index (χ1v) is 7.58. The fourth-order valence-electron chi connectivity index (χ4n) is 2.54. The molecule has 24 heavy (non-hydrogen) atoms. The minimum atomic E-state index is -0.240. The number of hydrogen-bond acceptors (Lipinski definition) is 4. The first kappa shape index (κ1) is 15.7. The monoisotopic (exact) mass is 322 g/mol. The molecule has 3 rings (SSSR count). The van der Waals surface area contributed by atoms with Gasteiger partial charge in [-0.05, 0) is 37.3 Å². The summed E-state index contributed by atoms with van der Waals surface area (Å²) in [6, 6.07) is 14.0. The van der Waals surface area contributed by atoms with E-state index in [9.17, 15) is 9.90 Å². The number of amides is 1. The van der Waals surface area contributed by atoms with Crippen LogP contribution in [0.15, 0.2) is 61.2 Å². The van der Waals surface area contributed by atoms with Gasteiger partial charge in [-0.2, -0.15) is 0 Å². The number of hydrogen-bond donors (Lipinski definition) is 1. The molecule has 0 aliphatic rings. The van der Waals surface area contributed by atoms with Crippen molar-refractivity contribution in [3.63, 3.8) is 0 Å². The average molecular weight is 322 g/mol. The van der Waals surface area contributed by atoms with Crippen LogP contribution in [-0.2, 0) is 0 Å². The van der Waals surface area contributed by atoms with Gasteiger partial charge < -0.3 is 10.0 Å². The van der Waals surface area contributed by atoms with Crippen LogP contribution in [0.2, 0.25) is 0 Å². The molecule has 1 N–H and O–H groups in total. The predicted octanol–water partition coefficient (Wildman–Crippen LogP) is 2.81. The number of nitrogens with zero attached hydrogens (tertiary/aromatic N) is 4. The predicted molar refractivity (Wildman–Crippen MR) is 90.0 cm³/mol. The fraction of sp³-hybridized carbons (Fsp3) is 0.167. The quantitative estimate of drug-likeness (QED) is 0.802. The molecule has 1 aromatic heterocycles. The Kier molecular flexibility index (Phi) is 4.29. The van der Waals surface area contributed by atoms with Crippen molar-refractivity contribution >= 4 is 5.91 Å². The van der Waals surface area contributed by atoms with Crippen LogP contribution in [0.5, 0.6) is 5.75 Å².